The molecule has 1 aromatic rings. The van der Waals surface area contributed by atoms with Crippen LogP contribution in [-0.2, 0) is 11.2 Å². The fourth-order valence-corrected chi connectivity index (χ4v) is 2.30. The average molecular weight is 248 g/mol. The second-order valence-electron chi connectivity index (χ2n) is 5.79. The van der Waals surface area contributed by atoms with Crippen molar-refractivity contribution in [2.75, 3.05) is 0 Å². The largest absolute Gasteiger partial charge is 0.481 e. The van der Waals surface area contributed by atoms with E-state index < -0.39 is 5.97 Å². The van der Waals surface area contributed by atoms with Gasteiger partial charge in [-0.3, -0.25) is 4.79 Å². The molecule has 0 aliphatic carbocycles. The Morgan fingerprint density at radius 1 is 1.11 bits per heavy atom. The first-order valence-corrected chi connectivity index (χ1v) is 6.70. The molecule has 1 rings (SSSR count). The van der Waals surface area contributed by atoms with Crippen LogP contribution in [0.5, 0.6) is 0 Å². The molecule has 1 aromatic carbocycles. The molecule has 0 saturated heterocycles. The lowest BCUT2D eigenvalue weighted by atomic mass is 9.85. The summed E-state index contributed by atoms with van der Waals surface area (Å²) in [7, 11) is 0. The lowest BCUT2D eigenvalue weighted by Crippen LogP contribution is -2.12. The zero-order valence-electron chi connectivity index (χ0n) is 11.8. The fourth-order valence-electron chi connectivity index (χ4n) is 2.30. The van der Waals surface area contributed by atoms with Crippen LogP contribution in [0, 0.1) is 11.8 Å². The maximum absolute atomic E-state index is 10.9. The number of carbonyl (C=O) groups is 1. The second kappa shape index (κ2) is 6.58. The standard InChI is InChI=1S/C16H24O2/c1-11(2)9-13-5-7-14(8-6-13)15(12(3)4)10-16(17)18/h5-8,11-12,15H,9-10H2,1-4H3,(H,17,18). The summed E-state index contributed by atoms with van der Waals surface area (Å²) in [5, 5.41) is 8.97. The van der Waals surface area contributed by atoms with E-state index in [1.165, 1.54) is 5.56 Å². The van der Waals surface area contributed by atoms with Crippen LogP contribution in [0.25, 0.3) is 0 Å². The van der Waals surface area contributed by atoms with Crippen molar-refractivity contribution in [3.05, 3.63) is 35.4 Å². The summed E-state index contributed by atoms with van der Waals surface area (Å²) < 4.78 is 0. The SMILES string of the molecule is CC(C)Cc1ccc(C(CC(=O)O)C(C)C)cc1. The Morgan fingerprint density at radius 3 is 2.06 bits per heavy atom. The minimum atomic E-state index is -0.722. The Bertz CT molecular complexity index is 377. The van der Waals surface area contributed by atoms with E-state index in [0.29, 0.717) is 11.8 Å². The molecule has 0 heterocycles. The first kappa shape index (κ1) is 14.7. The van der Waals surface area contributed by atoms with Crippen LogP contribution < -0.4 is 0 Å². The third-order valence-electron chi connectivity index (χ3n) is 3.25. The number of carboxylic acid groups (broad SMARTS) is 1. The number of aliphatic carboxylic acids is 1. The summed E-state index contributed by atoms with van der Waals surface area (Å²) in [4.78, 5) is 10.9. The normalized spacial score (nSPS) is 13.0. The topological polar surface area (TPSA) is 37.3 Å². The highest BCUT2D eigenvalue weighted by molar-refractivity contribution is 5.68. The Morgan fingerprint density at radius 2 is 1.67 bits per heavy atom. The summed E-state index contributed by atoms with van der Waals surface area (Å²) in [5.74, 6) is 0.378. The van der Waals surface area contributed by atoms with Crippen molar-refractivity contribution in [3.63, 3.8) is 0 Å². The smallest absolute Gasteiger partial charge is 0.303 e. The van der Waals surface area contributed by atoms with Crippen LogP contribution in [0.15, 0.2) is 24.3 Å². The summed E-state index contributed by atoms with van der Waals surface area (Å²) in [6.07, 6.45) is 1.28. The molecule has 1 N–H and O–H groups in total. The van der Waals surface area contributed by atoms with Gasteiger partial charge >= 0.3 is 5.97 Å². The summed E-state index contributed by atoms with van der Waals surface area (Å²) in [6, 6.07) is 8.44. The molecule has 0 amide bonds. The highest BCUT2D eigenvalue weighted by atomic mass is 16.4. The Balaban J connectivity index is 2.83. The summed E-state index contributed by atoms with van der Waals surface area (Å²) in [6.45, 7) is 8.57. The Labute approximate surface area is 110 Å². The monoisotopic (exact) mass is 248 g/mol. The van der Waals surface area contributed by atoms with Crippen LogP contribution in [0.4, 0.5) is 0 Å². The van der Waals surface area contributed by atoms with Crippen molar-refractivity contribution < 1.29 is 9.90 Å². The molecular weight excluding hydrogens is 224 g/mol. The van der Waals surface area contributed by atoms with Crippen molar-refractivity contribution in [2.45, 2.75) is 46.5 Å². The van der Waals surface area contributed by atoms with E-state index in [2.05, 4.69) is 52.0 Å². The Hall–Kier alpha value is -1.31. The van der Waals surface area contributed by atoms with Gasteiger partial charge in [0.2, 0.25) is 0 Å². The van der Waals surface area contributed by atoms with E-state index in [1.807, 2.05) is 0 Å². The molecule has 1 atom stereocenters. The second-order valence-corrected chi connectivity index (χ2v) is 5.79. The number of benzene rings is 1. The predicted octanol–water partition coefficient (Wildman–Crippen LogP) is 4.10. The van der Waals surface area contributed by atoms with Gasteiger partial charge < -0.3 is 5.11 Å². The van der Waals surface area contributed by atoms with Crippen LogP contribution in [-0.4, -0.2) is 11.1 Å². The fraction of sp³-hybridized carbons (Fsp3) is 0.562. The van der Waals surface area contributed by atoms with E-state index in [4.69, 9.17) is 5.11 Å². The van der Waals surface area contributed by atoms with Crippen LogP contribution >= 0.6 is 0 Å². The molecular formula is C16H24O2. The van der Waals surface area contributed by atoms with Gasteiger partial charge in [0.15, 0.2) is 0 Å². The van der Waals surface area contributed by atoms with Crippen molar-refractivity contribution >= 4 is 5.97 Å². The average Bonchev–Trinajstić information content (AvgIpc) is 2.26. The van der Waals surface area contributed by atoms with Gasteiger partial charge in [-0.1, -0.05) is 52.0 Å². The molecule has 0 saturated carbocycles. The number of hydrogen-bond donors (Lipinski definition) is 1. The van der Waals surface area contributed by atoms with Crippen LogP contribution in [0.3, 0.4) is 0 Å². The zero-order chi connectivity index (χ0) is 13.7. The van der Waals surface area contributed by atoms with Gasteiger partial charge in [-0.2, -0.15) is 0 Å². The van der Waals surface area contributed by atoms with Crippen molar-refractivity contribution in [2.24, 2.45) is 11.8 Å². The third kappa shape index (κ3) is 4.52. The molecule has 0 fully saturated rings. The number of carboxylic acids is 1. The quantitative estimate of drug-likeness (QED) is 0.823. The highest BCUT2D eigenvalue weighted by Crippen LogP contribution is 2.28. The lowest BCUT2D eigenvalue weighted by Gasteiger charge is -2.19. The molecule has 0 radical (unpaired) electrons. The molecule has 1 unspecified atom stereocenters. The first-order chi connectivity index (χ1) is 8.40. The van der Waals surface area contributed by atoms with E-state index in [0.717, 1.165) is 12.0 Å². The van der Waals surface area contributed by atoms with Gasteiger partial charge in [0.25, 0.3) is 0 Å². The third-order valence-corrected chi connectivity index (χ3v) is 3.25. The number of hydrogen-bond acceptors (Lipinski definition) is 1. The minimum absolute atomic E-state index is 0.107. The van der Waals surface area contributed by atoms with Gasteiger partial charge in [-0.25, -0.2) is 0 Å². The first-order valence-electron chi connectivity index (χ1n) is 6.70. The van der Waals surface area contributed by atoms with E-state index in [1.54, 1.807) is 0 Å². The van der Waals surface area contributed by atoms with Gasteiger partial charge in [0.05, 0.1) is 6.42 Å². The van der Waals surface area contributed by atoms with Gasteiger partial charge in [-0.15, -0.1) is 0 Å². The lowest BCUT2D eigenvalue weighted by molar-refractivity contribution is -0.137. The Kier molecular flexibility index (Phi) is 5.39. The molecule has 18 heavy (non-hydrogen) atoms. The van der Waals surface area contributed by atoms with Gasteiger partial charge in [0, 0.05) is 0 Å². The van der Waals surface area contributed by atoms with Crippen LogP contribution in [0.2, 0.25) is 0 Å². The van der Waals surface area contributed by atoms with Crippen molar-refractivity contribution in [1.29, 1.82) is 0 Å². The van der Waals surface area contributed by atoms with E-state index in [9.17, 15) is 4.79 Å². The molecule has 0 bridgehead atoms. The summed E-state index contributed by atoms with van der Waals surface area (Å²) >= 11 is 0. The molecule has 2 heteroatoms. The zero-order valence-corrected chi connectivity index (χ0v) is 11.8. The molecule has 2 nitrogen and oxygen atoms in total. The van der Waals surface area contributed by atoms with E-state index in [-0.39, 0.29) is 12.3 Å². The maximum Gasteiger partial charge on any atom is 0.303 e. The van der Waals surface area contributed by atoms with Crippen LogP contribution in [0.1, 0.15) is 51.2 Å². The van der Waals surface area contributed by atoms with E-state index >= 15 is 0 Å². The molecule has 0 spiro atoms. The molecule has 0 aromatic heterocycles. The number of rotatable bonds is 6. The molecule has 0 aliphatic rings. The minimum Gasteiger partial charge on any atom is -0.481 e. The maximum atomic E-state index is 10.9. The highest BCUT2D eigenvalue weighted by Gasteiger charge is 2.19. The van der Waals surface area contributed by atoms with Gasteiger partial charge in [0.1, 0.15) is 0 Å². The van der Waals surface area contributed by atoms with Crippen molar-refractivity contribution in [3.8, 4) is 0 Å². The summed E-state index contributed by atoms with van der Waals surface area (Å²) in [5.41, 5.74) is 2.46. The molecule has 100 valence electrons. The predicted molar refractivity (Wildman–Crippen MR) is 74.8 cm³/mol. The molecule has 0 aliphatic heterocycles. The van der Waals surface area contributed by atoms with Crippen molar-refractivity contribution in [1.82, 2.24) is 0 Å². The van der Waals surface area contributed by atoms with Gasteiger partial charge in [-0.05, 0) is 35.3 Å².